The Morgan fingerprint density at radius 2 is 1.25 bits per heavy atom. The summed E-state index contributed by atoms with van der Waals surface area (Å²) in [6.45, 7) is 6.15. The first-order valence-electron chi connectivity index (χ1n) is 12.5. The van der Waals surface area contributed by atoms with Crippen LogP contribution in [0.15, 0.2) is 72.8 Å². The van der Waals surface area contributed by atoms with Gasteiger partial charge in [-0.2, -0.15) is 0 Å². The number of methoxy groups -OCH3 is 3. The number of nitrogens with zero attached hydrogens (tertiary/aromatic N) is 2. The molecular formula is C31H34N2O3. The number of rotatable bonds is 8. The standard InChI is InChI=1S/C31H34N2O3/c1-34-29-19-23(20-30(35-2)31(29)36-3)9-8-14-32-15-17-33(18-16-32)22-28-26-12-6-4-10-24(26)21-25-11-5-7-13-27(25)28/h4-13,19-21H,14-18,22H2,1-3H3/b9-8+. The SMILES string of the molecule is COc1cc(/C=C/CN2CCN(Cc3c4ccccc4cc4ccccc34)CC2)cc(OC)c1OC. The number of piperazine rings is 1. The first kappa shape index (κ1) is 24.2. The third kappa shape index (κ3) is 5.03. The van der Waals surface area contributed by atoms with E-state index in [1.54, 1.807) is 21.3 Å². The van der Waals surface area contributed by atoms with Crippen LogP contribution in [-0.2, 0) is 6.54 Å². The van der Waals surface area contributed by atoms with Gasteiger partial charge in [-0.15, -0.1) is 0 Å². The van der Waals surface area contributed by atoms with E-state index in [1.807, 2.05) is 12.1 Å². The van der Waals surface area contributed by atoms with Crippen molar-refractivity contribution >= 4 is 27.6 Å². The van der Waals surface area contributed by atoms with Gasteiger partial charge >= 0.3 is 0 Å². The minimum atomic E-state index is 0.618. The normalized spacial score (nSPS) is 15.1. The van der Waals surface area contributed by atoms with Crippen LogP contribution in [0.3, 0.4) is 0 Å². The Balaban J connectivity index is 1.23. The molecular weight excluding hydrogens is 448 g/mol. The van der Waals surface area contributed by atoms with E-state index in [1.165, 1.54) is 27.1 Å². The second-order valence-corrected chi connectivity index (χ2v) is 9.24. The Hall–Kier alpha value is -3.54. The summed E-state index contributed by atoms with van der Waals surface area (Å²) in [6, 6.07) is 23.8. The molecule has 0 N–H and O–H groups in total. The van der Waals surface area contributed by atoms with Crippen molar-refractivity contribution in [2.45, 2.75) is 6.54 Å². The monoisotopic (exact) mass is 482 g/mol. The summed E-state index contributed by atoms with van der Waals surface area (Å²) in [6.07, 6.45) is 4.34. The van der Waals surface area contributed by atoms with Gasteiger partial charge in [-0.3, -0.25) is 9.80 Å². The molecule has 1 aliphatic heterocycles. The van der Waals surface area contributed by atoms with Crippen LogP contribution in [0, 0.1) is 0 Å². The first-order chi connectivity index (χ1) is 17.7. The molecule has 0 aliphatic carbocycles. The third-order valence-corrected chi connectivity index (χ3v) is 7.09. The summed E-state index contributed by atoms with van der Waals surface area (Å²) in [5.41, 5.74) is 2.48. The highest BCUT2D eigenvalue weighted by atomic mass is 16.5. The maximum atomic E-state index is 5.47. The molecule has 5 nitrogen and oxygen atoms in total. The lowest BCUT2D eigenvalue weighted by molar-refractivity contribution is 0.138. The van der Waals surface area contributed by atoms with E-state index >= 15 is 0 Å². The Morgan fingerprint density at radius 3 is 1.81 bits per heavy atom. The number of benzene rings is 4. The lowest BCUT2D eigenvalue weighted by atomic mass is 9.96. The van der Waals surface area contributed by atoms with Crippen LogP contribution < -0.4 is 14.2 Å². The molecule has 0 amide bonds. The van der Waals surface area contributed by atoms with E-state index < -0.39 is 0 Å². The van der Waals surface area contributed by atoms with Crippen LogP contribution >= 0.6 is 0 Å². The molecule has 186 valence electrons. The van der Waals surface area contributed by atoms with Gasteiger partial charge in [0, 0.05) is 39.3 Å². The minimum Gasteiger partial charge on any atom is -0.493 e. The van der Waals surface area contributed by atoms with Crippen molar-refractivity contribution in [3.05, 3.63) is 83.9 Å². The van der Waals surface area contributed by atoms with Crippen LogP contribution in [0.25, 0.3) is 27.6 Å². The van der Waals surface area contributed by atoms with Gasteiger partial charge in [-0.25, -0.2) is 0 Å². The Morgan fingerprint density at radius 1 is 0.694 bits per heavy atom. The molecule has 0 aromatic heterocycles. The van der Waals surface area contributed by atoms with Crippen molar-refractivity contribution in [1.29, 1.82) is 0 Å². The van der Waals surface area contributed by atoms with Gasteiger partial charge < -0.3 is 14.2 Å². The van der Waals surface area contributed by atoms with Crippen molar-refractivity contribution in [3.63, 3.8) is 0 Å². The molecule has 4 aromatic carbocycles. The smallest absolute Gasteiger partial charge is 0.203 e. The number of hydrogen-bond donors (Lipinski definition) is 0. The van der Waals surface area contributed by atoms with Crippen molar-refractivity contribution in [2.24, 2.45) is 0 Å². The first-order valence-corrected chi connectivity index (χ1v) is 12.5. The second kappa shape index (κ2) is 11.0. The molecule has 0 spiro atoms. The van der Waals surface area contributed by atoms with Crippen molar-refractivity contribution in [3.8, 4) is 17.2 Å². The zero-order valence-corrected chi connectivity index (χ0v) is 21.4. The maximum absolute atomic E-state index is 5.47. The van der Waals surface area contributed by atoms with E-state index in [2.05, 4.69) is 76.5 Å². The number of hydrogen-bond acceptors (Lipinski definition) is 5. The Labute approximate surface area is 213 Å². The molecule has 5 heteroatoms. The van der Waals surface area contributed by atoms with Gasteiger partial charge in [0.1, 0.15) is 0 Å². The van der Waals surface area contributed by atoms with Crippen molar-refractivity contribution < 1.29 is 14.2 Å². The number of fused-ring (bicyclic) bond motifs is 2. The zero-order chi connectivity index (χ0) is 24.9. The predicted octanol–water partition coefficient (Wildman–Crippen LogP) is 5.85. The van der Waals surface area contributed by atoms with Gasteiger partial charge in [0.25, 0.3) is 0 Å². The summed E-state index contributed by atoms with van der Waals surface area (Å²) in [5, 5.41) is 5.38. The molecule has 0 bridgehead atoms. The molecule has 0 radical (unpaired) electrons. The molecule has 1 heterocycles. The minimum absolute atomic E-state index is 0.618. The fraction of sp³-hybridized carbons (Fsp3) is 0.290. The van der Waals surface area contributed by atoms with Crippen LogP contribution in [0.2, 0.25) is 0 Å². The van der Waals surface area contributed by atoms with E-state index in [-0.39, 0.29) is 0 Å². The molecule has 1 saturated heterocycles. The summed E-state index contributed by atoms with van der Waals surface area (Å²) >= 11 is 0. The highest BCUT2D eigenvalue weighted by Crippen LogP contribution is 2.38. The van der Waals surface area contributed by atoms with E-state index in [9.17, 15) is 0 Å². The molecule has 0 unspecified atom stereocenters. The van der Waals surface area contributed by atoms with Gasteiger partial charge in [0.15, 0.2) is 11.5 Å². The molecule has 5 rings (SSSR count). The average Bonchev–Trinajstić information content (AvgIpc) is 2.93. The molecule has 1 aliphatic rings. The van der Waals surface area contributed by atoms with Crippen molar-refractivity contribution in [2.75, 3.05) is 54.1 Å². The quantitative estimate of drug-likeness (QED) is 0.294. The summed E-state index contributed by atoms with van der Waals surface area (Å²) in [5.74, 6) is 1.96. The highest BCUT2D eigenvalue weighted by Gasteiger charge is 2.18. The summed E-state index contributed by atoms with van der Waals surface area (Å²) in [7, 11) is 4.91. The molecule has 36 heavy (non-hydrogen) atoms. The fourth-order valence-corrected chi connectivity index (χ4v) is 5.17. The Bertz CT molecular complexity index is 1290. The van der Waals surface area contributed by atoms with Crippen LogP contribution in [0.5, 0.6) is 17.2 Å². The Kier molecular flexibility index (Phi) is 7.40. The van der Waals surface area contributed by atoms with E-state index in [0.29, 0.717) is 17.2 Å². The van der Waals surface area contributed by atoms with Crippen LogP contribution in [-0.4, -0.2) is 63.9 Å². The largest absolute Gasteiger partial charge is 0.493 e. The fourth-order valence-electron chi connectivity index (χ4n) is 5.17. The average molecular weight is 483 g/mol. The molecule has 1 fully saturated rings. The van der Waals surface area contributed by atoms with Crippen LogP contribution in [0.1, 0.15) is 11.1 Å². The second-order valence-electron chi connectivity index (χ2n) is 9.24. The third-order valence-electron chi connectivity index (χ3n) is 7.09. The highest BCUT2D eigenvalue weighted by molar-refractivity contribution is 6.02. The van der Waals surface area contributed by atoms with Gasteiger partial charge in [0.05, 0.1) is 21.3 Å². The number of ether oxygens (including phenoxy) is 3. The van der Waals surface area contributed by atoms with Crippen molar-refractivity contribution in [1.82, 2.24) is 9.80 Å². The lowest BCUT2D eigenvalue weighted by Gasteiger charge is -2.34. The van der Waals surface area contributed by atoms with Crippen LogP contribution in [0.4, 0.5) is 0 Å². The molecule has 4 aromatic rings. The van der Waals surface area contributed by atoms with E-state index in [0.717, 1.165) is 44.8 Å². The topological polar surface area (TPSA) is 34.2 Å². The summed E-state index contributed by atoms with van der Waals surface area (Å²) < 4.78 is 16.4. The predicted molar refractivity (Wildman–Crippen MR) is 148 cm³/mol. The van der Waals surface area contributed by atoms with Gasteiger partial charge in [-0.05, 0) is 50.9 Å². The lowest BCUT2D eigenvalue weighted by Crippen LogP contribution is -2.45. The van der Waals surface area contributed by atoms with Gasteiger partial charge in [0.2, 0.25) is 5.75 Å². The zero-order valence-electron chi connectivity index (χ0n) is 21.4. The van der Waals surface area contributed by atoms with E-state index in [4.69, 9.17) is 14.2 Å². The molecule has 0 saturated carbocycles. The van der Waals surface area contributed by atoms with Gasteiger partial charge in [-0.1, -0.05) is 60.7 Å². The molecule has 0 atom stereocenters. The summed E-state index contributed by atoms with van der Waals surface area (Å²) in [4.78, 5) is 5.10. The maximum Gasteiger partial charge on any atom is 0.203 e.